The molecule has 3 aromatic rings. The Hall–Kier alpha value is -3.90. The summed E-state index contributed by atoms with van der Waals surface area (Å²) in [4.78, 5) is 30.4. The van der Waals surface area contributed by atoms with Crippen molar-refractivity contribution in [2.75, 3.05) is 31.1 Å². The fourth-order valence-electron chi connectivity index (χ4n) is 5.07. The van der Waals surface area contributed by atoms with Gasteiger partial charge in [-0.25, -0.2) is 0 Å². The van der Waals surface area contributed by atoms with E-state index in [4.69, 9.17) is 4.74 Å². The maximum atomic E-state index is 13.5. The van der Waals surface area contributed by atoms with Crippen LogP contribution < -0.4 is 15.0 Å². The largest absolute Gasteiger partial charge is 0.449 e. The molecule has 3 aromatic carbocycles. The quantitative estimate of drug-likeness (QED) is 0.299. The highest BCUT2D eigenvalue weighted by Crippen LogP contribution is 2.36. The summed E-state index contributed by atoms with van der Waals surface area (Å²) in [5.74, 6) is 1.45. The van der Waals surface area contributed by atoms with Gasteiger partial charge in [0.1, 0.15) is 0 Å². The van der Waals surface area contributed by atoms with E-state index in [1.807, 2.05) is 55.5 Å². The van der Waals surface area contributed by atoms with Crippen molar-refractivity contribution in [3.8, 4) is 5.75 Å². The van der Waals surface area contributed by atoms with Crippen molar-refractivity contribution in [3.63, 3.8) is 0 Å². The number of carbonyl (C=O) groups excluding carboxylic acids is 2. The van der Waals surface area contributed by atoms with Crippen LogP contribution in [0.3, 0.4) is 0 Å². The predicted molar refractivity (Wildman–Crippen MR) is 156 cm³/mol. The number of amides is 2. The van der Waals surface area contributed by atoms with Crippen LogP contribution in [-0.2, 0) is 11.3 Å². The van der Waals surface area contributed by atoms with E-state index in [0.29, 0.717) is 24.4 Å². The van der Waals surface area contributed by atoms with E-state index in [0.717, 1.165) is 48.8 Å². The molecular weight excluding hydrogens is 486 g/mol. The molecule has 1 N–H and O–H groups in total. The summed E-state index contributed by atoms with van der Waals surface area (Å²) < 4.78 is 6.02. The molecule has 0 radical (unpaired) electrons. The lowest BCUT2D eigenvalue weighted by Crippen LogP contribution is -2.36. The number of carbonyl (C=O) groups is 2. The highest BCUT2D eigenvalue weighted by Gasteiger charge is 2.30. The molecule has 0 spiro atoms. The number of hydrogen-bond donors (Lipinski definition) is 1. The van der Waals surface area contributed by atoms with E-state index >= 15 is 0 Å². The number of anilines is 1. The molecule has 202 valence electrons. The average Bonchev–Trinajstić information content (AvgIpc) is 2.95. The monoisotopic (exact) mass is 523 g/mol. The summed E-state index contributed by atoms with van der Waals surface area (Å²) in [6, 6.07) is 23.0. The smallest absolute Gasteiger partial charge is 0.294 e. The Bertz CT molecular complexity index is 1320. The molecule has 2 heterocycles. The topological polar surface area (TPSA) is 61.9 Å². The van der Waals surface area contributed by atoms with Crippen LogP contribution in [-0.4, -0.2) is 42.9 Å². The molecule has 1 fully saturated rings. The third-order valence-electron chi connectivity index (χ3n) is 7.58. The molecule has 0 aromatic heterocycles. The van der Waals surface area contributed by atoms with Gasteiger partial charge in [-0.1, -0.05) is 61.0 Å². The highest BCUT2D eigenvalue weighted by molar-refractivity contribution is 6.09. The minimum absolute atomic E-state index is 0.0790. The maximum Gasteiger partial charge on any atom is 0.294 e. The third-order valence-corrected chi connectivity index (χ3v) is 7.58. The number of para-hydroxylation sites is 2. The lowest BCUT2D eigenvalue weighted by atomic mass is 9.99. The number of nitrogens with one attached hydrogen (secondary N) is 1. The summed E-state index contributed by atoms with van der Waals surface area (Å²) in [6.45, 7) is 8.83. The van der Waals surface area contributed by atoms with E-state index in [1.165, 1.54) is 18.4 Å². The number of nitrogens with zero attached hydrogens (tertiary/aromatic N) is 2. The van der Waals surface area contributed by atoms with Crippen molar-refractivity contribution in [1.29, 1.82) is 0 Å². The zero-order valence-corrected chi connectivity index (χ0v) is 22.9. The van der Waals surface area contributed by atoms with E-state index in [-0.39, 0.29) is 17.6 Å². The molecule has 1 saturated heterocycles. The number of piperidine rings is 1. The van der Waals surface area contributed by atoms with E-state index in [9.17, 15) is 9.59 Å². The van der Waals surface area contributed by atoms with Crippen LogP contribution in [0.15, 0.2) is 78.6 Å². The fraction of sp³-hybridized carbons (Fsp3) is 0.333. The molecule has 0 atom stereocenters. The second kappa shape index (κ2) is 12.3. The fourth-order valence-corrected chi connectivity index (χ4v) is 5.07. The molecule has 39 heavy (non-hydrogen) atoms. The molecule has 0 unspecified atom stereocenters. The summed E-state index contributed by atoms with van der Waals surface area (Å²) in [7, 11) is 0. The Labute approximate surface area is 231 Å². The number of fused-ring (bicyclic) bond motifs is 1. The van der Waals surface area contributed by atoms with Gasteiger partial charge in [0.2, 0.25) is 0 Å². The minimum Gasteiger partial charge on any atom is -0.449 e. The predicted octanol–water partition coefficient (Wildman–Crippen LogP) is 5.81. The van der Waals surface area contributed by atoms with Crippen LogP contribution >= 0.6 is 0 Å². The molecular formula is C33H37N3O3. The van der Waals surface area contributed by atoms with Gasteiger partial charge in [-0.05, 0) is 93.2 Å². The first-order chi connectivity index (χ1) is 19.0. The second-order valence-electron chi connectivity index (χ2n) is 10.7. The SMILES string of the molecule is Cc1ccc(CN2C(=O)/C(=C\c3ccc(C(=O)NCCCN4CCC(C)CC4)cc3)Oc3ccccc32)cc1. The first kappa shape index (κ1) is 26.7. The molecule has 0 bridgehead atoms. The molecule has 6 heteroatoms. The van der Waals surface area contributed by atoms with Gasteiger partial charge < -0.3 is 15.0 Å². The standard InChI is InChI=1S/C33H37N3O3/c1-24-8-10-27(11-9-24)23-36-29-6-3-4-7-30(29)39-31(33(36)38)22-26-12-14-28(15-13-26)32(37)34-18-5-19-35-20-16-25(2)17-21-35/h3-4,6-15,22,25H,5,16-21,23H2,1-2H3,(H,34,37)/b31-22+. The van der Waals surface area contributed by atoms with Gasteiger partial charge >= 0.3 is 0 Å². The number of rotatable bonds is 8. The van der Waals surface area contributed by atoms with Gasteiger partial charge in [0.15, 0.2) is 11.5 Å². The van der Waals surface area contributed by atoms with Crippen molar-refractivity contribution >= 4 is 23.6 Å². The Morgan fingerprint density at radius 3 is 2.46 bits per heavy atom. The van der Waals surface area contributed by atoms with Gasteiger partial charge in [0.25, 0.3) is 11.8 Å². The summed E-state index contributed by atoms with van der Waals surface area (Å²) in [6.07, 6.45) is 5.22. The number of aryl methyl sites for hydroxylation is 1. The minimum atomic E-state index is -0.195. The van der Waals surface area contributed by atoms with E-state index in [2.05, 4.69) is 29.3 Å². The lowest BCUT2D eigenvalue weighted by molar-refractivity contribution is -0.117. The van der Waals surface area contributed by atoms with Crippen molar-refractivity contribution in [1.82, 2.24) is 10.2 Å². The molecule has 0 aliphatic carbocycles. The van der Waals surface area contributed by atoms with Crippen LogP contribution in [0, 0.1) is 12.8 Å². The van der Waals surface area contributed by atoms with E-state index < -0.39 is 0 Å². The molecule has 5 rings (SSSR count). The van der Waals surface area contributed by atoms with Crippen molar-refractivity contribution in [3.05, 3.63) is 101 Å². The van der Waals surface area contributed by atoms with Crippen LogP contribution in [0.1, 0.15) is 53.2 Å². The number of hydrogen-bond acceptors (Lipinski definition) is 4. The van der Waals surface area contributed by atoms with Gasteiger partial charge in [-0.15, -0.1) is 0 Å². The normalized spacial score (nSPS) is 17.1. The zero-order valence-electron chi connectivity index (χ0n) is 22.9. The highest BCUT2D eigenvalue weighted by atomic mass is 16.5. The Balaban J connectivity index is 1.21. The number of benzene rings is 3. The molecule has 2 aliphatic heterocycles. The van der Waals surface area contributed by atoms with Gasteiger partial charge in [-0.2, -0.15) is 0 Å². The molecule has 2 amide bonds. The lowest BCUT2D eigenvalue weighted by Gasteiger charge is -2.30. The van der Waals surface area contributed by atoms with Crippen molar-refractivity contribution < 1.29 is 14.3 Å². The van der Waals surface area contributed by atoms with Crippen LogP contribution in [0.25, 0.3) is 6.08 Å². The number of ether oxygens (including phenoxy) is 1. The average molecular weight is 524 g/mol. The Morgan fingerprint density at radius 2 is 1.72 bits per heavy atom. The Kier molecular flexibility index (Phi) is 8.42. The van der Waals surface area contributed by atoms with Gasteiger partial charge in [-0.3, -0.25) is 14.5 Å². The number of likely N-dealkylation sites (tertiary alicyclic amines) is 1. The molecule has 6 nitrogen and oxygen atoms in total. The maximum absolute atomic E-state index is 13.5. The summed E-state index contributed by atoms with van der Waals surface area (Å²) >= 11 is 0. The van der Waals surface area contributed by atoms with Gasteiger partial charge in [0, 0.05) is 12.1 Å². The van der Waals surface area contributed by atoms with Crippen LogP contribution in [0.5, 0.6) is 5.75 Å². The van der Waals surface area contributed by atoms with Crippen LogP contribution in [0.4, 0.5) is 5.69 Å². The third kappa shape index (κ3) is 6.76. The summed E-state index contributed by atoms with van der Waals surface area (Å²) in [5.41, 5.74) is 4.38. The van der Waals surface area contributed by atoms with Crippen molar-refractivity contribution in [2.24, 2.45) is 5.92 Å². The first-order valence-electron chi connectivity index (χ1n) is 13.9. The zero-order chi connectivity index (χ0) is 27.2. The summed E-state index contributed by atoms with van der Waals surface area (Å²) in [5, 5.41) is 3.03. The first-order valence-corrected chi connectivity index (χ1v) is 13.9. The second-order valence-corrected chi connectivity index (χ2v) is 10.7. The molecule has 0 saturated carbocycles. The van der Waals surface area contributed by atoms with Gasteiger partial charge in [0.05, 0.1) is 12.2 Å². The molecule has 2 aliphatic rings. The Morgan fingerprint density at radius 1 is 1.00 bits per heavy atom. The van der Waals surface area contributed by atoms with Crippen molar-refractivity contribution in [2.45, 2.75) is 39.7 Å². The van der Waals surface area contributed by atoms with Crippen LogP contribution in [0.2, 0.25) is 0 Å². The van der Waals surface area contributed by atoms with E-state index in [1.54, 1.807) is 23.1 Å².